The van der Waals surface area contributed by atoms with E-state index in [2.05, 4.69) is 36.5 Å². The second-order valence-electron chi connectivity index (χ2n) is 8.90. The number of thiophene rings is 1. The molecule has 0 aliphatic heterocycles. The summed E-state index contributed by atoms with van der Waals surface area (Å²) in [6, 6.07) is 12.3. The standard InChI is InChI=1S/C29H28ClFN2O4S/c1-6-15(3)18-11-13-19(14-12-18)23-17(5)38-28(25(23)29(35)36-7-2)32-27(34)22-16(4)37-33-26(22)24-20(30)9-8-10-21(24)31/h8-15H,6-7H2,1-5H3,(H,32,34). The first-order chi connectivity index (χ1) is 18.2. The molecule has 0 aliphatic rings. The summed E-state index contributed by atoms with van der Waals surface area (Å²) in [6.07, 6.45) is 1.02. The van der Waals surface area contributed by atoms with Crippen molar-refractivity contribution in [3.63, 3.8) is 0 Å². The summed E-state index contributed by atoms with van der Waals surface area (Å²) in [6.45, 7) is 9.64. The van der Waals surface area contributed by atoms with Crippen LogP contribution in [0.15, 0.2) is 47.0 Å². The van der Waals surface area contributed by atoms with E-state index in [4.69, 9.17) is 20.9 Å². The molecular weight excluding hydrogens is 527 g/mol. The lowest BCUT2D eigenvalue weighted by atomic mass is 9.94. The van der Waals surface area contributed by atoms with Crippen LogP contribution in [0.2, 0.25) is 5.02 Å². The van der Waals surface area contributed by atoms with Crippen LogP contribution in [-0.4, -0.2) is 23.6 Å². The van der Waals surface area contributed by atoms with Gasteiger partial charge in [0.15, 0.2) is 0 Å². The Balaban J connectivity index is 1.78. The minimum absolute atomic E-state index is 0.0186. The number of ether oxygens (including phenoxy) is 1. The monoisotopic (exact) mass is 554 g/mol. The molecule has 0 aliphatic carbocycles. The van der Waals surface area contributed by atoms with Gasteiger partial charge < -0.3 is 14.6 Å². The van der Waals surface area contributed by atoms with E-state index < -0.39 is 17.7 Å². The molecule has 9 heteroatoms. The third-order valence-electron chi connectivity index (χ3n) is 6.46. The minimum Gasteiger partial charge on any atom is -0.462 e. The number of aryl methyl sites for hydroxylation is 2. The van der Waals surface area contributed by atoms with Crippen LogP contribution < -0.4 is 5.32 Å². The molecular formula is C29H28ClFN2O4S. The van der Waals surface area contributed by atoms with Crippen molar-refractivity contribution >= 4 is 39.8 Å². The molecule has 4 aromatic rings. The van der Waals surface area contributed by atoms with Crippen LogP contribution in [-0.2, 0) is 4.74 Å². The van der Waals surface area contributed by atoms with E-state index in [-0.39, 0.29) is 39.8 Å². The molecule has 1 unspecified atom stereocenters. The number of aromatic nitrogens is 1. The summed E-state index contributed by atoms with van der Waals surface area (Å²) in [7, 11) is 0. The molecule has 2 aromatic carbocycles. The summed E-state index contributed by atoms with van der Waals surface area (Å²) < 4.78 is 25.3. The van der Waals surface area contributed by atoms with E-state index >= 15 is 0 Å². The third kappa shape index (κ3) is 5.24. The van der Waals surface area contributed by atoms with E-state index in [9.17, 15) is 14.0 Å². The molecule has 2 heterocycles. The highest BCUT2D eigenvalue weighted by molar-refractivity contribution is 7.17. The van der Waals surface area contributed by atoms with E-state index in [0.29, 0.717) is 16.5 Å². The van der Waals surface area contributed by atoms with Gasteiger partial charge in [-0.05, 0) is 56.4 Å². The van der Waals surface area contributed by atoms with Crippen LogP contribution in [0.1, 0.15) is 70.0 Å². The Morgan fingerprint density at radius 2 is 1.82 bits per heavy atom. The third-order valence-corrected chi connectivity index (χ3v) is 7.80. The number of nitrogens with zero attached hydrogens (tertiary/aromatic N) is 1. The van der Waals surface area contributed by atoms with Crippen molar-refractivity contribution in [1.82, 2.24) is 5.16 Å². The first kappa shape index (κ1) is 27.5. The first-order valence-corrected chi connectivity index (χ1v) is 13.5. The van der Waals surface area contributed by atoms with Crippen LogP contribution in [0, 0.1) is 19.7 Å². The van der Waals surface area contributed by atoms with Gasteiger partial charge >= 0.3 is 5.97 Å². The molecule has 1 N–H and O–H groups in total. The smallest absolute Gasteiger partial charge is 0.341 e. The minimum atomic E-state index is -0.637. The van der Waals surface area contributed by atoms with Gasteiger partial charge in [-0.15, -0.1) is 11.3 Å². The van der Waals surface area contributed by atoms with Gasteiger partial charge in [0.2, 0.25) is 0 Å². The number of rotatable bonds is 8. The lowest BCUT2D eigenvalue weighted by Crippen LogP contribution is -2.16. The van der Waals surface area contributed by atoms with Crippen molar-refractivity contribution in [2.24, 2.45) is 0 Å². The first-order valence-electron chi connectivity index (χ1n) is 12.3. The number of halogens is 2. The lowest BCUT2D eigenvalue weighted by Gasteiger charge is -2.12. The van der Waals surface area contributed by atoms with Crippen LogP contribution in [0.5, 0.6) is 0 Å². The van der Waals surface area contributed by atoms with Crippen molar-refractivity contribution < 1.29 is 23.2 Å². The van der Waals surface area contributed by atoms with Gasteiger partial charge in [0.1, 0.15) is 33.4 Å². The van der Waals surface area contributed by atoms with Gasteiger partial charge in [-0.3, -0.25) is 4.79 Å². The zero-order valence-electron chi connectivity index (χ0n) is 21.8. The SMILES string of the molecule is CCOC(=O)c1c(NC(=O)c2c(-c3c(F)cccc3Cl)noc2C)sc(C)c1-c1ccc(C(C)CC)cc1. The topological polar surface area (TPSA) is 81.4 Å². The highest BCUT2D eigenvalue weighted by Gasteiger charge is 2.29. The van der Waals surface area contributed by atoms with Crippen molar-refractivity contribution in [1.29, 1.82) is 0 Å². The maximum absolute atomic E-state index is 14.7. The summed E-state index contributed by atoms with van der Waals surface area (Å²) in [5.41, 5.74) is 2.97. The molecule has 0 saturated carbocycles. The summed E-state index contributed by atoms with van der Waals surface area (Å²) in [5.74, 6) is -1.20. The Labute approximate surface area is 229 Å². The molecule has 198 valence electrons. The molecule has 0 radical (unpaired) electrons. The highest BCUT2D eigenvalue weighted by Crippen LogP contribution is 2.42. The lowest BCUT2D eigenvalue weighted by molar-refractivity contribution is 0.0529. The number of esters is 1. The van der Waals surface area contributed by atoms with Gasteiger partial charge in [0.25, 0.3) is 5.91 Å². The van der Waals surface area contributed by atoms with Gasteiger partial charge in [-0.1, -0.05) is 60.9 Å². The van der Waals surface area contributed by atoms with E-state index in [1.165, 1.54) is 35.1 Å². The van der Waals surface area contributed by atoms with E-state index in [1.807, 2.05) is 19.1 Å². The van der Waals surface area contributed by atoms with Crippen LogP contribution in [0.3, 0.4) is 0 Å². The van der Waals surface area contributed by atoms with Crippen LogP contribution >= 0.6 is 22.9 Å². The van der Waals surface area contributed by atoms with Crippen molar-refractivity contribution in [3.05, 3.63) is 80.6 Å². The Morgan fingerprint density at radius 1 is 1.11 bits per heavy atom. The summed E-state index contributed by atoms with van der Waals surface area (Å²) in [4.78, 5) is 27.5. The number of nitrogens with one attached hydrogen (secondary N) is 1. The number of hydrogen-bond acceptors (Lipinski definition) is 6. The van der Waals surface area contributed by atoms with Gasteiger partial charge in [-0.2, -0.15) is 0 Å². The van der Waals surface area contributed by atoms with E-state index in [1.54, 1.807) is 13.8 Å². The second-order valence-corrected chi connectivity index (χ2v) is 10.5. The Kier molecular flexibility index (Phi) is 8.33. The molecule has 0 bridgehead atoms. The average Bonchev–Trinajstić information content (AvgIpc) is 3.42. The average molecular weight is 555 g/mol. The zero-order valence-corrected chi connectivity index (χ0v) is 23.3. The zero-order chi connectivity index (χ0) is 27.6. The highest BCUT2D eigenvalue weighted by atomic mass is 35.5. The fraction of sp³-hybridized carbons (Fsp3) is 0.276. The fourth-order valence-corrected chi connectivity index (χ4v) is 5.60. The molecule has 6 nitrogen and oxygen atoms in total. The molecule has 0 saturated heterocycles. The number of anilines is 1. The Hall–Kier alpha value is -3.49. The Morgan fingerprint density at radius 3 is 2.45 bits per heavy atom. The van der Waals surface area contributed by atoms with E-state index in [0.717, 1.165) is 16.9 Å². The fourth-order valence-electron chi connectivity index (χ4n) is 4.29. The number of benzene rings is 2. The molecule has 0 spiro atoms. The second kappa shape index (κ2) is 11.5. The molecule has 38 heavy (non-hydrogen) atoms. The Bertz CT molecular complexity index is 1470. The molecule has 1 amide bonds. The molecule has 1 atom stereocenters. The van der Waals surface area contributed by atoms with Crippen molar-refractivity contribution in [2.75, 3.05) is 11.9 Å². The van der Waals surface area contributed by atoms with Gasteiger partial charge in [0, 0.05) is 10.4 Å². The van der Waals surface area contributed by atoms with Gasteiger partial charge in [0.05, 0.1) is 17.2 Å². The predicted molar refractivity (Wildman–Crippen MR) is 149 cm³/mol. The number of carbonyl (C=O) groups is 2. The molecule has 0 fully saturated rings. The van der Waals surface area contributed by atoms with Crippen molar-refractivity contribution in [3.8, 4) is 22.4 Å². The summed E-state index contributed by atoms with van der Waals surface area (Å²) in [5, 5.41) is 7.14. The number of amides is 1. The molecule has 2 aromatic heterocycles. The normalized spacial score (nSPS) is 11.9. The summed E-state index contributed by atoms with van der Waals surface area (Å²) >= 11 is 7.49. The number of carbonyl (C=O) groups excluding carboxylic acids is 2. The quantitative estimate of drug-likeness (QED) is 0.221. The van der Waals surface area contributed by atoms with Crippen LogP contribution in [0.4, 0.5) is 9.39 Å². The maximum Gasteiger partial charge on any atom is 0.341 e. The maximum atomic E-state index is 14.7. The predicted octanol–water partition coefficient (Wildman–Crippen LogP) is 8.42. The number of hydrogen-bond donors (Lipinski definition) is 1. The molecule has 4 rings (SSSR count). The van der Waals surface area contributed by atoms with Gasteiger partial charge in [-0.25, -0.2) is 9.18 Å². The van der Waals surface area contributed by atoms with Crippen LogP contribution in [0.25, 0.3) is 22.4 Å². The van der Waals surface area contributed by atoms with Crippen molar-refractivity contribution in [2.45, 2.75) is 47.0 Å². The largest absolute Gasteiger partial charge is 0.462 e.